The van der Waals surface area contributed by atoms with Crippen LogP contribution in [-0.4, -0.2) is 21.9 Å². The van der Waals surface area contributed by atoms with Crippen LogP contribution in [0.4, 0.5) is 0 Å². The maximum Gasteiger partial charge on any atom is 0.192 e. The Bertz CT molecular complexity index is 1080. The molecule has 0 radical (unpaired) electrons. The van der Waals surface area contributed by atoms with Crippen molar-refractivity contribution in [2.24, 2.45) is 0 Å². The molecule has 0 saturated heterocycles. The van der Waals surface area contributed by atoms with E-state index in [0.29, 0.717) is 13.2 Å². The number of rotatable bonds is 9. The summed E-state index contributed by atoms with van der Waals surface area (Å²) < 4.78 is 18.8. The molecule has 6 nitrogen and oxygen atoms in total. The number of benzene rings is 2. The summed E-state index contributed by atoms with van der Waals surface area (Å²) in [5.74, 6) is 4.00. The molecule has 0 atom stereocenters. The van der Waals surface area contributed by atoms with Gasteiger partial charge in [0.25, 0.3) is 0 Å². The van der Waals surface area contributed by atoms with Crippen LogP contribution in [0.3, 0.4) is 0 Å². The average Bonchev–Trinajstić information content (AvgIpc) is 3.42. The summed E-state index contributed by atoms with van der Waals surface area (Å²) in [5, 5.41) is 9.60. The van der Waals surface area contributed by atoms with Crippen LogP contribution < -0.4 is 9.47 Å². The van der Waals surface area contributed by atoms with E-state index in [1.807, 2.05) is 59.2 Å². The zero-order chi connectivity index (χ0) is 20.8. The lowest BCUT2D eigenvalue weighted by molar-refractivity contribution is 0.287. The lowest BCUT2D eigenvalue weighted by Gasteiger charge is -2.10. The molecule has 0 aliphatic heterocycles. The van der Waals surface area contributed by atoms with Crippen LogP contribution in [0, 0.1) is 6.92 Å². The van der Waals surface area contributed by atoms with Gasteiger partial charge in [-0.05, 0) is 48.9 Å². The van der Waals surface area contributed by atoms with Gasteiger partial charge in [-0.3, -0.25) is 4.57 Å². The van der Waals surface area contributed by atoms with Crippen molar-refractivity contribution in [1.82, 2.24) is 14.8 Å². The Hall–Kier alpha value is -3.19. The summed E-state index contributed by atoms with van der Waals surface area (Å²) in [6.07, 6.45) is 1.67. The molecule has 30 heavy (non-hydrogen) atoms. The van der Waals surface area contributed by atoms with Crippen LogP contribution >= 0.6 is 11.8 Å². The van der Waals surface area contributed by atoms with Gasteiger partial charge in [0.1, 0.15) is 23.9 Å². The summed E-state index contributed by atoms with van der Waals surface area (Å²) in [6.45, 7) is 2.93. The lowest BCUT2D eigenvalue weighted by Crippen LogP contribution is -2.09. The van der Waals surface area contributed by atoms with E-state index < -0.39 is 0 Å². The largest absolute Gasteiger partial charge is 0.497 e. The van der Waals surface area contributed by atoms with Crippen LogP contribution in [0.1, 0.15) is 22.7 Å². The number of ether oxygens (including phenoxy) is 2. The van der Waals surface area contributed by atoms with Gasteiger partial charge in [-0.15, -0.1) is 10.2 Å². The zero-order valence-corrected chi connectivity index (χ0v) is 17.8. The number of nitrogens with zero attached hydrogens (tertiary/aromatic N) is 3. The molecule has 0 N–H and O–H groups in total. The van der Waals surface area contributed by atoms with Crippen molar-refractivity contribution in [1.29, 1.82) is 0 Å². The first-order valence-electron chi connectivity index (χ1n) is 9.61. The van der Waals surface area contributed by atoms with Crippen LogP contribution in [0.2, 0.25) is 0 Å². The molecule has 2 heterocycles. The molecular weight excluding hydrogens is 398 g/mol. The molecule has 0 aliphatic carbocycles. The fourth-order valence-electron chi connectivity index (χ4n) is 2.94. The molecule has 0 bridgehead atoms. The van der Waals surface area contributed by atoms with Crippen molar-refractivity contribution >= 4 is 11.8 Å². The van der Waals surface area contributed by atoms with Gasteiger partial charge < -0.3 is 13.9 Å². The Morgan fingerprint density at radius 3 is 2.63 bits per heavy atom. The molecule has 0 saturated carbocycles. The number of hydrogen-bond donors (Lipinski definition) is 0. The second-order valence-corrected chi connectivity index (χ2v) is 7.75. The lowest BCUT2D eigenvalue weighted by atomic mass is 10.2. The highest BCUT2D eigenvalue weighted by Crippen LogP contribution is 2.25. The molecule has 4 aromatic rings. The summed E-state index contributed by atoms with van der Waals surface area (Å²) in [6, 6.07) is 19.8. The van der Waals surface area contributed by atoms with Gasteiger partial charge in [-0.1, -0.05) is 41.6 Å². The Morgan fingerprint density at radius 2 is 1.87 bits per heavy atom. The van der Waals surface area contributed by atoms with E-state index in [9.17, 15) is 0 Å². The van der Waals surface area contributed by atoms with Gasteiger partial charge in [0.05, 0.1) is 19.9 Å². The van der Waals surface area contributed by atoms with Crippen molar-refractivity contribution in [3.8, 4) is 11.5 Å². The quantitative estimate of drug-likeness (QED) is 0.350. The van der Waals surface area contributed by atoms with E-state index in [1.54, 1.807) is 25.1 Å². The first-order valence-corrected chi connectivity index (χ1v) is 10.6. The van der Waals surface area contributed by atoms with Crippen molar-refractivity contribution < 1.29 is 13.9 Å². The van der Waals surface area contributed by atoms with Crippen molar-refractivity contribution in [3.05, 3.63) is 89.6 Å². The van der Waals surface area contributed by atoms with E-state index in [4.69, 9.17) is 13.9 Å². The number of furan rings is 1. The summed E-state index contributed by atoms with van der Waals surface area (Å²) in [4.78, 5) is 0. The minimum atomic E-state index is 0.330. The molecule has 2 aromatic heterocycles. The summed E-state index contributed by atoms with van der Waals surface area (Å²) in [7, 11) is 1.67. The molecule has 0 unspecified atom stereocenters. The SMILES string of the molecule is COc1cccc(CSc2nnc(COc3ccc(C)cc3)n2Cc2ccco2)c1. The molecule has 7 heteroatoms. The maximum atomic E-state index is 5.93. The fraction of sp³-hybridized carbons (Fsp3) is 0.217. The highest BCUT2D eigenvalue weighted by molar-refractivity contribution is 7.98. The average molecular weight is 422 g/mol. The Morgan fingerprint density at radius 1 is 1.00 bits per heavy atom. The third-order valence-corrected chi connectivity index (χ3v) is 5.62. The molecule has 154 valence electrons. The molecular formula is C23H23N3O3S. The molecule has 0 spiro atoms. The minimum absolute atomic E-state index is 0.330. The topological polar surface area (TPSA) is 62.3 Å². The van der Waals surface area contributed by atoms with Crippen molar-refractivity contribution in [3.63, 3.8) is 0 Å². The third-order valence-electron chi connectivity index (χ3n) is 4.58. The highest BCUT2D eigenvalue weighted by Gasteiger charge is 2.15. The van der Waals surface area contributed by atoms with Gasteiger partial charge in [-0.2, -0.15) is 0 Å². The molecule has 0 amide bonds. The Labute approximate surface area is 179 Å². The first-order chi connectivity index (χ1) is 14.7. The van der Waals surface area contributed by atoms with E-state index in [2.05, 4.69) is 23.2 Å². The van der Waals surface area contributed by atoms with Gasteiger partial charge >= 0.3 is 0 Å². The van der Waals surface area contributed by atoms with Gasteiger partial charge in [-0.25, -0.2) is 0 Å². The van der Waals surface area contributed by atoms with E-state index in [0.717, 1.165) is 39.6 Å². The fourth-order valence-corrected chi connectivity index (χ4v) is 3.84. The second-order valence-electron chi connectivity index (χ2n) is 6.81. The molecule has 0 aliphatic rings. The number of aryl methyl sites for hydroxylation is 1. The van der Waals surface area contributed by atoms with Crippen LogP contribution in [0.15, 0.2) is 76.5 Å². The third kappa shape index (κ3) is 5.04. The van der Waals surface area contributed by atoms with Gasteiger partial charge in [0, 0.05) is 5.75 Å². The zero-order valence-electron chi connectivity index (χ0n) is 16.9. The normalized spacial score (nSPS) is 10.9. The monoisotopic (exact) mass is 421 g/mol. The second kappa shape index (κ2) is 9.54. The predicted molar refractivity (Wildman–Crippen MR) is 116 cm³/mol. The molecule has 4 rings (SSSR count). The van der Waals surface area contributed by atoms with Crippen LogP contribution in [0.25, 0.3) is 0 Å². The van der Waals surface area contributed by atoms with E-state index in [-0.39, 0.29) is 0 Å². The Balaban J connectivity index is 1.51. The van der Waals surface area contributed by atoms with Crippen molar-refractivity contribution in [2.45, 2.75) is 31.0 Å². The van der Waals surface area contributed by atoms with Crippen LogP contribution in [-0.2, 0) is 18.9 Å². The molecule has 0 fully saturated rings. The predicted octanol–water partition coefficient (Wildman–Crippen LogP) is 5.11. The van der Waals surface area contributed by atoms with Gasteiger partial charge in [0.15, 0.2) is 11.0 Å². The standard InChI is InChI=1S/C23H23N3O3S/c1-17-8-10-19(11-9-17)29-15-22-24-25-23(26(22)14-21-7-4-12-28-21)30-16-18-5-3-6-20(13-18)27-2/h3-13H,14-16H2,1-2H3. The summed E-state index contributed by atoms with van der Waals surface area (Å²) in [5.41, 5.74) is 2.35. The highest BCUT2D eigenvalue weighted by atomic mass is 32.2. The van der Waals surface area contributed by atoms with Crippen molar-refractivity contribution in [2.75, 3.05) is 7.11 Å². The maximum absolute atomic E-state index is 5.93. The first kappa shape index (κ1) is 20.1. The van der Waals surface area contributed by atoms with E-state index in [1.165, 1.54) is 5.56 Å². The Kier molecular flexibility index (Phi) is 6.39. The number of hydrogen-bond acceptors (Lipinski definition) is 6. The molecule has 2 aromatic carbocycles. The van der Waals surface area contributed by atoms with Gasteiger partial charge in [0.2, 0.25) is 0 Å². The number of thioether (sulfide) groups is 1. The van der Waals surface area contributed by atoms with Crippen LogP contribution in [0.5, 0.6) is 11.5 Å². The van der Waals surface area contributed by atoms with E-state index >= 15 is 0 Å². The number of methoxy groups -OCH3 is 1. The summed E-state index contributed by atoms with van der Waals surface area (Å²) >= 11 is 1.62. The smallest absolute Gasteiger partial charge is 0.192 e. The number of aromatic nitrogens is 3. The minimum Gasteiger partial charge on any atom is -0.497 e.